The third-order valence-corrected chi connectivity index (χ3v) is 14.3. The minimum absolute atomic E-state index is 0.0889. The zero-order valence-electron chi connectivity index (χ0n) is 51.4. The van der Waals surface area contributed by atoms with Crippen LogP contribution in [0.4, 0.5) is 0 Å². The Hall–Kier alpha value is -3.67. The lowest BCUT2D eigenvalue weighted by Gasteiger charge is -2.18. The molecule has 0 aliphatic carbocycles. The summed E-state index contributed by atoms with van der Waals surface area (Å²) in [6.45, 7) is 6.58. The number of ether oxygens (including phenoxy) is 3. The molecule has 0 bridgehead atoms. The van der Waals surface area contributed by atoms with Crippen molar-refractivity contribution in [2.75, 3.05) is 13.2 Å². The van der Waals surface area contributed by atoms with E-state index >= 15 is 0 Å². The van der Waals surface area contributed by atoms with Crippen LogP contribution in [-0.4, -0.2) is 37.2 Å². The monoisotopic (exact) mass is 1080 g/mol. The first-order chi connectivity index (χ1) is 38.5. The number of carbonyl (C=O) groups excluding carboxylic acids is 3. The summed E-state index contributed by atoms with van der Waals surface area (Å²) in [6.07, 6.45) is 88.4. The molecule has 0 aromatic heterocycles. The number of carbonyl (C=O) groups is 3. The van der Waals surface area contributed by atoms with E-state index in [-0.39, 0.29) is 31.1 Å². The van der Waals surface area contributed by atoms with Crippen molar-refractivity contribution in [1.82, 2.24) is 0 Å². The van der Waals surface area contributed by atoms with E-state index < -0.39 is 6.10 Å². The van der Waals surface area contributed by atoms with Crippen molar-refractivity contribution in [3.05, 3.63) is 97.2 Å². The SMILES string of the molecule is CCCC/C=C\C/C=C\CCCCCCCC(=O)OCC(COC(=O)CCCCCCCCCC/C=C\C/C=C\C/C=C\CCCCCCC)OC(=O)CCCCCCCCCC/C=C\C/C=C\C/C=C\CCCCCCC. The summed E-state index contributed by atoms with van der Waals surface area (Å²) in [5.41, 5.74) is 0. The lowest BCUT2D eigenvalue weighted by molar-refractivity contribution is -0.167. The van der Waals surface area contributed by atoms with E-state index in [2.05, 4.69) is 118 Å². The first-order valence-electron chi connectivity index (χ1n) is 33.2. The Labute approximate surface area is 483 Å². The van der Waals surface area contributed by atoms with Gasteiger partial charge in [0.25, 0.3) is 0 Å². The van der Waals surface area contributed by atoms with Crippen molar-refractivity contribution >= 4 is 17.9 Å². The Bertz CT molecular complexity index is 1530. The van der Waals surface area contributed by atoms with Crippen LogP contribution in [0.5, 0.6) is 0 Å². The van der Waals surface area contributed by atoms with Crippen LogP contribution >= 0.6 is 0 Å². The minimum atomic E-state index is -0.794. The average molecular weight is 1090 g/mol. The van der Waals surface area contributed by atoms with Crippen LogP contribution in [0.3, 0.4) is 0 Å². The second-order valence-corrected chi connectivity index (χ2v) is 22.0. The van der Waals surface area contributed by atoms with Gasteiger partial charge in [-0.05, 0) is 122 Å². The third kappa shape index (κ3) is 63.2. The molecule has 1 atom stereocenters. The van der Waals surface area contributed by atoms with Gasteiger partial charge in [0.1, 0.15) is 13.2 Å². The number of esters is 3. The normalized spacial score (nSPS) is 12.7. The number of hydrogen-bond donors (Lipinski definition) is 0. The molecule has 1 unspecified atom stereocenters. The van der Waals surface area contributed by atoms with Gasteiger partial charge >= 0.3 is 17.9 Å². The fourth-order valence-electron chi connectivity index (χ4n) is 9.24. The molecule has 6 nitrogen and oxygen atoms in total. The second-order valence-electron chi connectivity index (χ2n) is 22.0. The number of hydrogen-bond acceptors (Lipinski definition) is 6. The molecule has 0 aliphatic heterocycles. The zero-order chi connectivity index (χ0) is 56.4. The van der Waals surface area contributed by atoms with Gasteiger partial charge in [-0.2, -0.15) is 0 Å². The number of allylic oxidation sites excluding steroid dienone is 16. The molecular formula is C72H124O6. The van der Waals surface area contributed by atoms with Crippen molar-refractivity contribution < 1.29 is 28.6 Å². The highest BCUT2D eigenvalue weighted by Gasteiger charge is 2.19. The average Bonchev–Trinajstić information content (AvgIpc) is 3.44. The molecule has 0 rings (SSSR count). The summed E-state index contributed by atoms with van der Waals surface area (Å²) < 4.78 is 16.9. The summed E-state index contributed by atoms with van der Waals surface area (Å²) in [6, 6.07) is 0. The molecule has 0 aliphatic rings. The molecule has 448 valence electrons. The van der Waals surface area contributed by atoms with E-state index in [0.717, 1.165) is 122 Å². The predicted molar refractivity (Wildman–Crippen MR) is 339 cm³/mol. The minimum Gasteiger partial charge on any atom is -0.462 e. The van der Waals surface area contributed by atoms with Gasteiger partial charge in [-0.25, -0.2) is 0 Å². The molecule has 0 aromatic carbocycles. The molecular weight excluding hydrogens is 961 g/mol. The number of unbranched alkanes of at least 4 members (excludes halogenated alkanes) is 33. The van der Waals surface area contributed by atoms with E-state index in [1.165, 1.54) is 161 Å². The highest BCUT2D eigenvalue weighted by Crippen LogP contribution is 2.16. The van der Waals surface area contributed by atoms with Crippen LogP contribution in [0, 0.1) is 0 Å². The quantitative estimate of drug-likeness (QED) is 0.0261. The van der Waals surface area contributed by atoms with Crippen LogP contribution in [0.15, 0.2) is 97.2 Å². The summed E-state index contributed by atoms with van der Waals surface area (Å²) >= 11 is 0. The summed E-state index contributed by atoms with van der Waals surface area (Å²) in [5, 5.41) is 0. The van der Waals surface area contributed by atoms with Crippen LogP contribution in [0.2, 0.25) is 0 Å². The van der Waals surface area contributed by atoms with Gasteiger partial charge in [0.15, 0.2) is 6.10 Å². The Morgan fingerprint density at radius 3 is 0.756 bits per heavy atom. The standard InChI is InChI=1S/C72H124O6/c1-4-7-10-13-16-19-22-25-28-30-32-34-36-38-40-42-44-47-50-53-56-59-62-65-71(74)77-68-69(67-76-70(73)64-61-58-55-52-49-46-27-24-21-18-15-12-9-6-3)78-72(75)66-63-60-57-54-51-48-45-43-41-39-37-35-33-31-29-26-23-20-17-14-11-8-5-2/h15,18,22-27,30-33,36-39,69H,4-14,16-17,19-21,28-29,34-35,40-68H2,1-3H3/b18-15-,25-22-,26-23-,27-24-,32-30-,33-31-,38-36-,39-37-. The molecule has 0 amide bonds. The van der Waals surface area contributed by atoms with E-state index in [9.17, 15) is 14.4 Å². The van der Waals surface area contributed by atoms with Gasteiger partial charge in [-0.15, -0.1) is 0 Å². The fourth-order valence-corrected chi connectivity index (χ4v) is 9.24. The van der Waals surface area contributed by atoms with Gasteiger partial charge in [-0.1, -0.05) is 279 Å². The second kappa shape index (κ2) is 65.8. The molecule has 0 aromatic rings. The van der Waals surface area contributed by atoms with Crippen LogP contribution < -0.4 is 0 Å². The third-order valence-electron chi connectivity index (χ3n) is 14.3. The van der Waals surface area contributed by atoms with Crippen LogP contribution in [0.25, 0.3) is 0 Å². The number of rotatable bonds is 60. The maximum atomic E-state index is 12.9. The molecule has 78 heavy (non-hydrogen) atoms. The highest BCUT2D eigenvalue weighted by molar-refractivity contribution is 5.71. The van der Waals surface area contributed by atoms with E-state index in [1.807, 2.05) is 0 Å². The molecule has 0 fully saturated rings. The van der Waals surface area contributed by atoms with Crippen molar-refractivity contribution in [2.45, 2.75) is 329 Å². The van der Waals surface area contributed by atoms with Gasteiger partial charge in [0.2, 0.25) is 0 Å². The highest BCUT2D eigenvalue weighted by atomic mass is 16.6. The largest absolute Gasteiger partial charge is 0.462 e. The van der Waals surface area contributed by atoms with Gasteiger partial charge in [0, 0.05) is 19.3 Å². The van der Waals surface area contributed by atoms with Gasteiger partial charge < -0.3 is 14.2 Å². The van der Waals surface area contributed by atoms with Crippen molar-refractivity contribution in [2.24, 2.45) is 0 Å². The lowest BCUT2D eigenvalue weighted by Crippen LogP contribution is -2.30. The Morgan fingerprint density at radius 2 is 0.474 bits per heavy atom. The summed E-state index contributed by atoms with van der Waals surface area (Å²) in [7, 11) is 0. The van der Waals surface area contributed by atoms with Gasteiger partial charge in [0.05, 0.1) is 0 Å². The summed E-state index contributed by atoms with van der Waals surface area (Å²) in [4.78, 5) is 38.4. The molecule has 0 radical (unpaired) electrons. The maximum Gasteiger partial charge on any atom is 0.306 e. The lowest BCUT2D eigenvalue weighted by atomic mass is 10.1. The smallest absolute Gasteiger partial charge is 0.306 e. The molecule has 0 spiro atoms. The summed E-state index contributed by atoms with van der Waals surface area (Å²) in [5.74, 6) is -0.907. The Kier molecular flexibility index (Phi) is 62.7. The fraction of sp³-hybridized carbons (Fsp3) is 0.736. The van der Waals surface area contributed by atoms with Crippen LogP contribution in [0.1, 0.15) is 323 Å². The Balaban J connectivity index is 4.39. The first kappa shape index (κ1) is 74.3. The molecule has 0 N–H and O–H groups in total. The zero-order valence-corrected chi connectivity index (χ0v) is 51.4. The van der Waals surface area contributed by atoms with Crippen molar-refractivity contribution in [3.63, 3.8) is 0 Å². The maximum absolute atomic E-state index is 12.9. The van der Waals surface area contributed by atoms with E-state index in [0.29, 0.717) is 19.3 Å². The predicted octanol–water partition coefficient (Wildman–Crippen LogP) is 22.8. The topological polar surface area (TPSA) is 78.9 Å². The molecule has 0 saturated carbocycles. The molecule has 0 heterocycles. The van der Waals surface area contributed by atoms with Gasteiger partial charge in [-0.3, -0.25) is 14.4 Å². The van der Waals surface area contributed by atoms with Crippen LogP contribution in [-0.2, 0) is 28.6 Å². The Morgan fingerprint density at radius 1 is 0.256 bits per heavy atom. The first-order valence-corrected chi connectivity index (χ1v) is 33.2. The van der Waals surface area contributed by atoms with E-state index in [4.69, 9.17) is 14.2 Å². The van der Waals surface area contributed by atoms with Crippen molar-refractivity contribution in [3.8, 4) is 0 Å². The molecule has 6 heteroatoms. The van der Waals surface area contributed by atoms with Crippen molar-refractivity contribution in [1.29, 1.82) is 0 Å². The molecule has 0 saturated heterocycles. The van der Waals surface area contributed by atoms with E-state index in [1.54, 1.807) is 0 Å².